The molecule has 1 aliphatic heterocycles. The van der Waals surface area contributed by atoms with Crippen LogP contribution in [0.15, 0.2) is 48.7 Å². The monoisotopic (exact) mass is 399 g/mol. The number of aromatic nitrogens is 1. The van der Waals surface area contributed by atoms with Crippen molar-refractivity contribution in [3.05, 3.63) is 71.7 Å². The van der Waals surface area contributed by atoms with E-state index < -0.39 is 11.6 Å². The van der Waals surface area contributed by atoms with Gasteiger partial charge >= 0.3 is 0 Å². The van der Waals surface area contributed by atoms with Gasteiger partial charge in [-0.15, -0.1) is 0 Å². The number of carbonyl (C=O) groups is 1. The van der Waals surface area contributed by atoms with Gasteiger partial charge in [-0.05, 0) is 60.7 Å². The van der Waals surface area contributed by atoms with Gasteiger partial charge in [-0.1, -0.05) is 6.58 Å². The summed E-state index contributed by atoms with van der Waals surface area (Å²) in [5, 5.41) is 6.31. The molecule has 1 aromatic heterocycles. The van der Waals surface area contributed by atoms with Gasteiger partial charge < -0.3 is 15.6 Å². The van der Waals surface area contributed by atoms with Gasteiger partial charge in [0, 0.05) is 29.4 Å². The Kier molecular flexibility index (Phi) is 5.05. The third-order valence-corrected chi connectivity index (χ3v) is 5.17. The Labute approximate surface area is 165 Å². The molecular weight excluding hydrogens is 379 g/mol. The molecule has 2 aromatic carbocycles. The molecule has 1 fully saturated rings. The first-order valence-electron chi connectivity index (χ1n) is 9.40. The van der Waals surface area contributed by atoms with Crippen LogP contribution in [0.2, 0.25) is 0 Å². The van der Waals surface area contributed by atoms with E-state index in [9.17, 15) is 18.0 Å². The molecule has 1 saturated heterocycles. The number of aromatic amines is 1. The maximum Gasteiger partial charge on any atom is 0.242 e. The van der Waals surface area contributed by atoms with E-state index in [4.69, 9.17) is 0 Å². The van der Waals surface area contributed by atoms with E-state index in [1.165, 1.54) is 18.2 Å². The van der Waals surface area contributed by atoms with Gasteiger partial charge in [0.05, 0.1) is 5.52 Å². The van der Waals surface area contributed by atoms with Crippen molar-refractivity contribution in [2.24, 2.45) is 0 Å². The molecule has 0 aliphatic carbocycles. The van der Waals surface area contributed by atoms with Gasteiger partial charge in [0.25, 0.3) is 0 Å². The molecule has 0 spiro atoms. The van der Waals surface area contributed by atoms with Gasteiger partial charge in [0.2, 0.25) is 5.91 Å². The third kappa shape index (κ3) is 3.85. The standard InChI is InChI=1S/C22H20F3N3O/c1-12(27-19-8-9-26-22(19)29)2-7-16-17-10-15(24)11-18(25)21(17)28-20(16)13-3-5-14(23)6-4-13/h3-6,10-11,19,27-28H,1-2,7-9H2,(H,26,29). The van der Waals surface area contributed by atoms with Crippen LogP contribution in [0.25, 0.3) is 22.2 Å². The molecule has 7 heteroatoms. The topological polar surface area (TPSA) is 56.9 Å². The Morgan fingerprint density at radius 3 is 2.59 bits per heavy atom. The van der Waals surface area contributed by atoms with Crippen molar-refractivity contribution >= 4 is 16.8 Å². The smallest absolute Gasteiger partial charge is 0.242 e. The van der Waals surface area contributed by atoms with Gasteiger partial charge in [0.1, 0.15) is 23.5 Å². The molecule has 1 unspecified atom stereocenters. The predicted molar refractivity (Wildman–Crippen MR) is 106 cm³/mol. The van der Waals surface area contributed by atoms with Crippen molar-refractivity contribution in [3.8, 4) is 11.3 Å². The number of aryl methyl sites for hydroxylation is 1. The van der Waals surface area contributed by atoms with Crippen LogP contribution in [-0.4, -0.2) is 23.5 Å². The van der Waals surface area contributed by atoms with E-state index in [1.54, 1.807) is 12.1 Å². The molecule has 3 N–H and O–H groups in total. The molecule has 1 aliphatic rings. The van der Waals surface area contributed by atoms with Crippen LogP contribution >= 0.6 is 0 Å². The SMILES string of the molecule is C=C(CCc1c(-c2ccc(F)cc2)[nH]c2c(F)cc(F)cc12)NC1CCNC1=O. The lowest BCUT2D eigenvalue weighted by Gasteiger charge is -2.14. The molecule has 3 aromatic rings. The minimum absolute atomic E-state index is 0.0608. The molecule has 29 heavy (non-hydrogen) atoms. The summed E-state index contributed by atoms with van der Waals surface area (Å²) in [5.74, 6) is -1.79. The molecule has 2 heterocycles. The van der Waals surface area contributed by atoms with E-state index in [2.05, 4.69) is 22.2 Å². The fourth-order valence-electron chi connectivity index (χ4n) is 3.72. The van der Waals surface area contributed by atoms with Crippen molar-refractivity contribution < 1.29 is 18.0 Å². The molecule has 4 rings (SSSR count). The van der Waals surface area contributed by atoms with E-state index in [0.29, 0.717) is 53.7 Å². The average molecular weight is 399 g/mol. The minimum atomic E-state index is -0.686. The predicted octanol–water partition coefficient (Wildman–Crippen LogP) is 4.18. The summed E-state index contributed by atoms with van der Waals surface area (Å²) < 4.78 is 41.5. The lowest BCUT2D eigenvalue weighted by molar-refractivity contribution is -0.120. The van der Waals surface area contributed by atoms with Crippen LogP contribution in [0.1, 0.15) is 18.4 Å². The first-order chi connectivity index (χ1) is 13.9. The van der Waals surface area contributed by atoms with Crippen LogP contribution in [-0.2, 0) is 11.2 Å². The number of hydrogen-bond acceptors (Lipinski definition) is 2. The normalized spacial score (nSPS) is 16.2. The van der Waals surface area contributed by atoms with Gasteiger partial charge in [-0.2, -0.15) is 0 Å². The van der Waals surface area contributed by atoms with Gasteiger partial charge in [0.15, 0.2) is 0 Å². The molecule has 0 radical (unpaired) electrons. The Bertz CT molecular complexity index is 1090. The van der Waals surface area contributed by atoms with Crippen molar-refractivity contribution in [1.29, 1.82) is 0 Å². The number of H-pyrrole nitrogens is 1. The average Bonchev–Trinajstić information content (AvgIpc) is 3.24. The third-order valence-electron chi connectivity index (χ3n) is 5.17. The van der Waals surface area contributed by atoms with Crippen LogP contribution in [0.5, 0.6) is 0 Å². The number of carbonyl (C=O) groups excluding carboxylic acids is 1. The van der Waals surface area contributed by atoms with Crippen molar-refractivity contribution in [2.45, 2.75) is 25.3 Å². The summed E-state index contributed by atoms with van der Waals surface area (Å²) in [6.07, 6.45) is 1.60. The summed E-state index contributed by atoms with van der Waals surface area (Å²) in [6.45, 7) is 4.61. The van der Waals surface area contributed by atoms with Crippen LogP contribution in [0.4, 0.5) is 13.2 Å². The highest BCUT2D eigenvalue weighted by Crippen LogP contribution is 2.33. The van der Waals surface area contributed by atoms with Crippen molar-refractivity contribution in [1.82, 2.24) is 15.6 Å². The Hall–Kier alpha value is -3.22. The summed E-state index contributed by atoms with van der Waals surface area (Å²) in [5.41, 5.74) is 2.86. The summed E-state index contributed by atoms with van der Waals surface area (Å²) in [6, 6.07) is 7.63. The quantitative estimate of drug-likeness (QED) is 0.583. The van der Waals surface area contributed by atoms with Gasteiger partial charge in [-0.3, -0.25) is 4.79 Å². The van der Waals surface area contributed by atoms with Crippen LogP contribution in [0, 0.1) is 17.5 Å². The number of nitrogens with one attached hydrogen (secondary N) is 3. The lowest BCUT2D eigenvalue weighted by atomic mass is 10.00. The Balaban J connectivity index is 1.65. The molecule has 0 saturated carbocycles. The maximum atomic E-state index is 14.3. The molecule has 150 valence electrons. The summed E-state index contributed by atoms with van der Waals surface area (Å²) in [7, 11) is 0. The number of halogens is 3. The number of allylic oxidation sites excluding steroid dienone is 1. The van der Waals surface area contributed by atoms with Gasteiger partial charge in [-0.25, -0.2) is 13.2 Å². The second-order valence-electron chi connectivity index (χ2n) is 7.18. The van der Waals surface area contributed by atoms with E-state index in [-0.39, 0.29) is 23.3 Å². The zero-order valence-corrected chi connectivity index (χ0v) is 15.6. The second kappa shape index (κ2) is 7.66. The first kappa shape index (κ1) is 19.1. The number of hydrogen-bond donors (Lipinski definition) is 3. The lowest BCUT2D eigenvalue weighted by Crippen LogP contribution is -2.35. The van der Waals surface area contributed by atoms with E-state index in [0.717, 1.165) is 6.07 Å². The number of fused-ring (bicyclic) bond motifs is 1. The van der Waals surface area contributed by atoms with Crippen LogP contribution < -0.4 is 10.6 Å². The summed E-state index contributed by atoms with van der Waals surface area (Å²) >= 11 is 0. The van der Waals surface area contributed by atoms with Crippen LogP contribution in [0.3, 0.4) is 0 Å². The number of amides is 1. The first-order valence-corrected chi connectivity index (χ1v) is 9.40. The van der Waals surface area contributed by atoms with Crippen molar-refractivity contribution in [3.63, 3.8) is 0 Å². The highest BCUT2D eigenvalue weighted by Gasteiger charge is 2.24. The van der Waals surface area contributed by atoms with Crippen molar-refractivity contribution in [2.75, 3.05) is 6.54 Å². The zero-order chi connectivity index (χ0) is 20.5. The second-order valence-corrected chi connectivity index (χ2v) is 7.18. The highest BCUT2D eigenvalue weighted by molar-refractivity contribution is 5.91. The fraction of sp³-hybridized carbons (Fsp3) is 0.227. The fourth-order valence-corrected chi connectivity index (χ4v) is 3.72. The summed E-state index contributed by atoms with van der Waals surface area (Å²) in [4.78, 5) is 14.7. The molecule has 1 amide bonds. The molecule has 1 atom stereocenters. The highest BCUT2D eigenvalue weighted by atomic mass is 19.1. The largest absolute Gasteiger partial charge is 0.377 e. The maximum absolute atomic E-state index is 14.3. The number of benzene rings is 2. The van der Waals surface area contributed by atoms with E-state index in [1.807, 2.05) is 0 Å². The molecule has 4 nitrogen and oxygen atoms in total. The zero-order valence-electron chi connectivity index (χ0n) is 15.6. The Morgan fingerprint density at radius 1 is 1.14 bits per heavy atom. The molecule has 0 bridgehead atoms. The van der Waals surface area contributed by atoms with E-state index >= 15 is 0 Å². The Morgan fingerprint density at radius 2 is 1.90 bits per heavy atom. The molecular formula is C22H20F3N3O. The minimum Gasteiger partial charge on any atom is -0.377 e. The number of rotatable bonds is 6.